The van der Waals surface area contributed by atoms with E-state index in [-0.39, 0.29) is 0 Å². The van der Waals surface area contributed by atoms with Gasteiger partial charge in [0.05, 0.1) is 12.2 Å². The van der Waals surface area contributed by atoms with Crippen LogP contribution in [0.1, 0.15) is 24.9 Å². The van der Waals surface area contributed by atoms with Gasteiger partial charge in [0.1, 0.15) is 17.5 Å². The molecule has 0 aromatic carbocycles. The summed E-state index contributed by atoms with van der Waals surface area (Å²) in [6, 6.07) is 3.90. The second-order valence-electron chi connectivity index (χ2n) is 4.35. The van der Waals surface area contributed by atoms with Gasteiger partial charge in [-0.2, -0.15) is 5.10 Å². The fourth-order valence-electron chi connectivity index (χ4n) is 1.81. The van der Waals surface area contributed by atoms with Crippen LogP contribution in [0.2, 0.25) is 0 Å². The molecule has 6 nitrogen and oxygen atoms in total. The van der Waals surface area contributed by atoms with Crippen molar-refractivity contribution < 1.29 is 0 Å². The summed E-state index contributed by atoms with van der Waals surface area (Å²) in [5.74, 6) is 2.54. The first-order chi connectivity index (χ1) is 9.22. The van der Waals surface area contributed by atoms with Crippen LogP contribution in [0.3, 0.4) is 0 Å². The lowest BCUT2D eigenvalue weighted by Gasteiger charge is -2.09. The molecule has 102 valence electrons. The van der Waals surface area contributed by atoms with Crippen LogP contribution in [0, 0.1) is 0 Å². The van der Waals surface area contributed by atoms with Gasteiger partial charge >= 0.3 is 0 Å². The largest absolute Gasteiger partial charge is 0.373 e. The molecule has 0 unspecified atom stereocenters. The van der Waals surface area contributed by atoms with Crippen molar-refractivity contribution >= 4 is 11.6 Å². The molecule has 2 heterocycles. The highest BCUT2D eigenvalue weighted by Gasteiger charge is 2.04. The van der Waals surface area contributed by atoms with Gasteiger partial charge in [-0.3, -0.25) is 4.68 Å². The lowest BCUT2D eigenvalue weighted by Crippen LogP contribution is -2.09. The molecule has 0 aliphatic heterocycles. The molecule has 0 atom stereocenters. The van der Waals surface area contributed by atoms with E-state index in [9.17, 15) is 0 Å². The van der Waals surface area contributed by atoms with Gasteiger partial charge in [-0.25, -0.2) is 9.97 Å². The van der Waals surface area contributed by atoms with Crippen molar-refractivity contribution in [3.8, 4) is 0 Å². The first kappa shape index (κ1) is 13.3. The summed E-state index contributed by atoms with van der Waals surface area (Å²) in [6.45, 7) is 2.82. The maximum absolute atomic E-state index is 4.51. The highest BCUT2D eigenvalue weighted by molar-refractivity contribution is 5.47. The van der Waals surface area contributed by atoms with Crippen LogP contribution in [0.5, 0.6) is 0 Å². The summed E-state index contributed by atoms with van der Waals surface area (Å²) in [4.78, 5) is 8.93. The maximum atomic E-state index is 4.51. The Hall–Kier alpha value is -2.11. The van der Waals surface area contributed by atoms with E-state index < -0.39 is 0 Å². The number of aryl methyl sites for hydroxylation is 2. The minimum absolute atomic E-state index is 0.697. The number of hydrogen-bond donors (Lipinski definition) is 2. The van der Waals surface area contributed by atoms with E-state index in [1.165, 1.54) is 0 Å². The highest BCUT2D eigenvalue weighted by Crippen LogP contribution is 2.13. The van der Waals surface area contributed by atoms with Gasteiger partial charge in [-0.15, -0.1) is 0 Å². The topological polar surface area (TPSA) is 67.7 Å². The third kappa shape index (κ3) is 3.43. The Morgan fingerprint density at radius 1 is 1.26 bits per heavy atom. The van der Waals surface area contributed by atoms with Crippen LogP contribution in [-0.4, -0.2) is 26.8 Å². The number of nitrogens with zero attached hydrogens (tertiary/aromatic N) is 4. The predicted molar refractivity (Wildman–Crippen MR) is 76.1 cm³/mol. The SMILES string of the molecule is CCCc1nc(NC)cc(NCc2ccnn2C)n1. The van der Waals surface area contributed by atoms with E-state index in [0.29, 0.717) is 6.54 Å². The molecule has 0 radical (unpaired) electrons. The molecule has 2 aromatic heterocycles. The summed E-state index contributed by atoms with van der Waals surface area (Å²) in [7, 11) is 3.79. The monoisotopic (exact) mass is 260 g/mol. The third-order valence-corrected chi connectivity index (χ3v) is 2.88. The van der Waals surface area contributed by atoms with E-state index in [2.05, 4.69) is 32.6 Å². The fourth-order valence-corrected chi connectivity index (χ4v) is 1.81. The van der Waals surface area contributed by atoms with Crippen LogP contribution < -0.4 is 10.6 Å². The number of hydrogen-bond acceptors (Lipinski definition) is 5. The Kier molecular flexibility index (Phi) is 4.33. The molecule has 2 aromatic rings. The van der Waals surface area contributed by atoms with Crippen molar-refractivity contribution in [1.29, 1.82) is 0 Å². The van der Waals surface area contributed by atoms with Gasteiger partial charge in [0, 0.05) is 32.8 Å². The lowest BCUT2D eigenvalue weighted by atomic mass is 10.3. The number of nitrogens with one attached hydrogen (secondary N) is 2. The Labute approximate surface area is 113 Å². The molecule has 0 saturated carbocycles. The van der Waals surface area contributed by atoms with E-state index >= 15 is 0 Å². The number of rotatable bonds is 6. The normalized spacial score (nSPS) is 10.5. The quantitative estimate of drug-likeness (QED) is 0.829. The lowest BCUT2D eigenvalue weighted by molar-refractivity contribution is 0.719. The van der Waals surface area contributed by atoms with E-state index in [0.717, 1.165) is 36.0 Å². The van der Waals surface area contributed by atoms with Crippen LogP contribution in [0.4, 0.5) is 11.6 Å². The molecule has 0 aliphatic carbocycles. The summed E-state index contributed by atoms with van der Waals surface area (Å²) >= 11 is 0. The zero-order valence-electron chi connectivity index (χ0n) is 11.6. The zero-order valence-corrected chi connectivity index (χ0v) is 11.6. The molecular formula is C13H20N6. The second kappa shape index (κ2) is 6.17. The van der Waals surface area contributed by atoms with E-state index in [1.54, 1.807) is 6.20 Å². The van der Waals surface area contributed by atoms with Gasteiger partial charge in [0.2, 0.25) is 0 Å². The molecule has 2 N–H and O–H groups in total. The van der Waals surface area contributed by atoms with Crippen LogP contribution in [-0.2, 0) is 20.0 Å². The first-order valence-electron chi connectivity index (χ1n) is 6.49. The summed E-state index contributed by atoms with van der Waals surface area (Å²) in [5.41, 5.74) is 1.11. The van der Waals surface area contributed by atoms with Crippen molar-refractivity contribution in [1.82, 2.24) is 19.7 Å². The van der Waals surface area contributed by atoms with Crippen molar-refractivity contribution in [2.75, 3.05) is 17.7 Å². The zero-order chi connectivity index (χ0) is 13.7. The van der Waals surface area contributed by atoms with Gasteiger partial charge in [-0.05, 0) is 12.5 Å². The Bertz CT molecular complexity index is 534. The summed E-state index contributed by atoms with van der Waals surface area (Å²) in [5, 5.41) is 10.5. The molecular weight excluding hydrogens is 240 g/mol. The van der Waals surface area contributed by atoms with Gasteiger partial charge < -0.3 is 10.6 Å². The molecule has 0 spiro atoms. The number of anilines is 2. The minimum atomic E-state index is 0.697. The van der Waals surface area contributed by atoms with Crippen molar-refractivity contribution in [3.63, 3.8) is 0 Å². The second-order valence-corrected chi connectivity index (χ2v) is 4.35. The van der Waals surface area contributed by atoms with E-state index in [1.807, 2.05) is 30.9 Å². The van der Waals surface area contributed by atoms with Crippen LogP contribution in [0.15, 0.2) is 18.3 Å². The molecule has 0 fully saturated rings. The molecule has 6 heteroatoms. The number of aromatic nitrogens is 4. The average molecular weight is 260 g/mol. The van der Waals surface area contributed by atoms with Crippen molar-refractivity contribution in [2.45, 2.75) is 26.3 Å². The fraction of sp³-hybridized carbons (Fsp3) is 0.462. The smallest absolute Gasteiger partial charge is 0.133 e. The van der Waals surface area contributed by atoms with E-state index in [4.69, 9.17) is 0 Å². The molecule has 0 bridgehead atoms. The molecule has 0 saturated heterocycles. The third-order valence-electron chi connectivity index (χ3n) is 2.88. The van der Waals surface area contributed by atoms with Crippen LogP contribution in [0.25, 0.3) is 0 Å². The Balaban J connectivity index is 2.10. The molecule has 0 amide bonds. The Morgan fingerprint density at radius 3 is 2.68 bits per heavy atom. The predicted octanol–water partition coefficient (Wildman–Crippen LogP) is 1.82. The maximum Gasteiger partial charge on any atom is 0.133 e. The molecule has 19 heavy (non-hydrogen) atoms. The van der Waals surface area contributed by atoms with Gasteiger partial charge in [0.15, 0.2) is 0 Å². The van der Waals surface area contributed by atoms with Crippen LogP contribution >= 0.6 is 0 Å². The average Bonchev–Trinajstić information content (AvgIpc) is 2.82. The van der Waals surface area contributed by atoms with Gasteiger partial charge in [0.25, 0.3) is 0 Å². The van der Waals surface area contributed by atoms with Crippen molar-refractivity contribution in [2.24, 2.45) is 7.05 Å². The molecule has 0 aliphatic rings. The molecule has 2 rings (SSSR count). The standard InChI is InChI=1S/C13H20N6/c1-4-5-11-17-12(14-2)8-13(18-11)15-9-10-6-7-16-19(10)3/h6-8H,4-5,9H2,1-3H3,(H2,14,15,17,18). The minimum Gasteiger partial charge on any atom is -0.373 e. The summed E-state index contributed by atoms with van der Waals surface area (Å²) in [6.07, 6.45) is 3.71. The Morgan fingerprint density at radius 2 is 2.05 bits per heavy atom. The van der Waals surface area contributed by atoms with Gasteiger partial charge in [-0.1, -0.05) is 6.92 Å². The summed E-state index contributed by atoms with van der Waals surface area (Å²) < 4.78 is 1.85. The first-order valence-corrected chi connectivity index (χ1v) is 6.49. The van der Waals surface area contributed by atoms with Crippen molar-refractivity contribution in [3.05, 3.63) is 29.8 Å². The highest BCUT2D eigenvalue weighted by atomic mass is 15.3.